The summed E-state index contributed by atoms with van der Waals surface area (Å²) in [5.41, 5.74) is 2.10. The van der Waals surface area contributed by atoms with Crippen LogP contribution in [-0.4, -0.2) is 60.3 Å². The summed E-state index contributed by atoms with van der Waals surface area (Å²) < 4.78 is 5.44. The highest BCUT2D eigenvalue weighted by Gasteiger charge is 2.64. The van der Waals surface area contributed by atoms with Gasteiger partial charge in [-0.3, -0.25) is 9.59 Å². The number of nitrogens with zero attached hydrogens (tertiary/aromatic N) is 3. The lowest BCUT2D eigenvalue weighted by molar-refractivity contribution is -0.136. The molecule has 0 radical (unpaired) electrons. The highest BCUT2D eigenvalue weighted by Crippen LogP contribution is 2.70. The van der Waals surface area contributed by atoms with Gasteiger partial charge in [0.15, 0.2) is 0 Å². The summed E-state index contributed by atoms with van der Waals surface area (Å²) in [4.78, 5) is 27.3. The highest BCUT2D eigenvalue weighted by molar-refractivity contribution is 5.79. The predicted octanol–water partition coefficient (Wildman–Crippen LogP) is 5.92. The molecule has 4 aliphatic carbocycles. The molecule has 2 aliphatic heterocycles. The van der Waals surface area contributed by atoms with E-state index < -0.39 is 0 Å². The van der Waals surface area contributed by atoms with Crippen molar-refractivity contribution in [1.29, 1.82) is 0 Å². The number of hydrogen-bond acceptors (Lipinski definition) is 4. The monoisotopic (exact) mass is 537 g/mol. The van der Waals surface area contributed by atoms with Crippen LogP contribution in [-0.2, 0) is 14.3 Å². The number of allylic oxidation sites excluding steroid dienone is 1. The first-order chi connectivity index (χ1) is 18.5. The van der Waals surface area contributed by atoms with E-state index >= 15 is 0 Å². The second-order valence-corrected chi connectivity index (χ2v) is 15.0. The van der Waals surface area contributed by atoms with Crippen molar-refractivity contribution in [2.75, 3.05) is 26.3 Å². The number of hydrazone groups is 1. The molecule has 2 amide bonds. The summed E-state index contributed by atoms with van der Waals surface area (Å²) in [6, 6.07) is 0.150. The zero-order valence-electron chi connectivity index (χ0n) is 25.2. The van der Waals surface area contributed by atoms with E-state index in [2.05, 4.69) is 52.0 Å². The van der Waals surface area contributed by atoms with E-state index in [0.717, 1.165) is 43.7 Å². The molecule has 6 rings (SSSR count). The molecule has 9 atom stereocenters. The topological polar surface area (TPSA) is 62.2 Å². The lowest BCUT2D eigenvalue weighted by Crippen LogP contribution is -2.59. The van der Waals surface area contributed by atoms with E-state index in [-0.39, 0.29) is 22.8 Å². The third-order valence-corrected chi connectivity index (χ3v) is 12.9. The standard InChI is InChI=1S/C33H51N3O3/c1-21(7-12-29(38)35-15-17-39-18-16-35)25-9-10-26-24-8-11-28-31(3,4)30-23(20-34-36(30)22(2)37)19-33(28,6)27(24)13-14-32(25,26)5/h11,20-21,23-27,30H,7-10,12-19H2,1-6H3/t21-,23?,24+,25-,26+,27+,30?,32-,33-/m1/s1. The Balaban J connectivity index is 1.18. The van der Waals surface area contributed by atoms with Crippen LogP contribution in [0, 0.1) is 51.8 Å². The number of fused-ring (bicyclic) bond motifs is 6. The maximum Gasteiger partial charge on any atom is 0.239 e. The molecule has 4 fully saturated rings. The van der Waals surface area contributed by atoms with Crippen LogP contribution in [0.3, 0.4) is 0 Å². The lowest BCUT2D eigenvalue weighted by atomic mass is 9.43. The highest BCUT2D eigenvalue weighted by atomic mass is 16.5. The third-order valence-electron chi connectivity index (χ3n) is 12.9. The van der Waals surface area contributed by atoms with Crippen molar-refractivity contribution in [3.05, 3.63) is 11.6 Å². The van der Waals surface area contributed by atoms with E-state index in [4.69, 9.17) is 4.74 Å². The van der Waals surface area contributed by atoms with Gasteiger partial charge in [-0.25, -0.2) is 5.01 Å². The first-order valence-electron chi connectivity index (χ1n) is 15.9. The van der Waals surface area contributed by atoms with E-state index in [0.29, 0.717) is 48.7 Å². The summed E-state index contributed by atoms with van der Waals surface area (Å²) in [6.45, 7) is 16.9. The van der Waals surface area contributed by atoms with Crippen LogP contribution in [0.2, 0.25) is 0 Å². The molecule has 3 saturated carbocycles. The molecule has 0 spiro atoms. The molecule has 6 aliphatic rings. The van der Waals surface area contributed by atoms with Crippen molar-refractivity contribution in [1.82, 2.24) is 9.91 Å². The Morgan fingerprint density at radius 1 is 1.10 bits per heavy atom. The number of hydrogen-bond donors (Lipinski definition) is 0. The van der Waals surface area contributed by atoms with Gasteiger partial charge in [-0.15, -0.1) is 0 Å². The molecule has 1 saturated heterocycles. The summed E-state index contributed by atoms with van der Waals surface area (Å²) in [5, 5.41) is 6.40. The molecule has 6 nitrogen and oxygen atoms in total. The molecule has 39 heavy (non-hydrogen) atoms. The molecular weight excluding hydrogens is 486 g/mol. The van der Waals surface area contributed by atoms with E-state index in [1.807, 2.05) is 4.90 Å². The van der Waals surface area contributed by atoms with Gasteiger partial charge in [-0.05, 0) is 85.4 Å². The zero-order chi connectivity index (χ0) is 27.7. The van der Waals surface area contributed by atoms with E-state index in [9.17, 15) is 9.59 Å². The van der Waals surface area contributed by atoms with E-state index in [1.54, 1.807) is 17.5 Å². The van der Waals surface area contributed by atoms with Crippen molar-refractivity contribution in [2.45, 2.75) is 99.0 Å². The normalized spacial score (nSPS) is 43.2. The summed E-state index contributed by atoms with van der Waals surface area (Å²) in [7, 11) is 0. The van der Waals surface area contributed by atoms with Gasteiger partial charge in [0.2, 0.25) is 11.8 Å². The van der Waals surface area contributed by atoms with Crippen molar-refractivity contribution in [3.63, 3.8) is 0 Å². The van der Waals surface area contributed by atoms with Gasteiger partial charge in [0.05, 0.1) is 19.3 Å². The Morgan fingerprint density at radius 2 is 1.85 bits per heavy atom. The van der Waals surface area contributed by atoms with Crippen molar-refractivity contribution >= 4 is 18.0 Å². The van der Waals surface area contributed by atoms with Crippen LogP contribution in [0.4, 0.5) is 0 Å². The van der Waals surface area contributed by atoms with Crippen LogP contribution in [0.15, 0.2) is 16.8 Å². The maximum absolute atomic E-state index is 12.9. The Labute approximate surface area is 236 Å². The number of ether oxygens (including phenoxy) is 1. The fraction of sp³-hybridized carbons (Fsp3) is 0.848. The Morgan fingerprint density at radius 3 is 2.56 bits per heavy atom. The Hall–Kier alpha value is -1.69. The summed E-state index contributed by atoms with van der Waals surface area (Å²) in [5.74, 6) is 4.29. The Bertz CT molecular complexity index is 1060. The zero-order valence-corrected chi connectivity index (χ0v) is 25.2. The second-order valence-electron chi connectivity index (χ2n) is 15.0. The van der Waals surface area contributed by atoms with Gasteiger partial charge < -0.3 is 9.64 Å². The maximum atomic E-state index is 12.9. The first kappa shape index (κ1) is 27.5. The average Bonchev–Trinajstić information content (AvgIpc) is 3.49. The minimum Gasteiger partial charge on any atom is -0.378 e. The van der Waals surface area contributed by atoms with Crippen molar-refractivity contribution in [2.24, 2.45) is 56.9 Å². The average molecular weight is 538 g/mol. The minimum atomic E-state index is -0.0642. The smallest absolute Gasteiger partial charge is 0.239 e. The van der Waals surface area contributed by atoms with Crippen LogP contribution in [0.5, 0.6) is 0 Å². The predicted molar refractivity (Wildman–Crippen MR) is 154 cm³/mol. The van der Waals surface area contributed by atoms with Crippen LogP contribution in [0.1, 0.15) is 92.9 Å². The lowest BCUT2D eigenvalue weighted by Gasteiger charge is -2.62. The van der Waals surface area contributed by atoms with Crippen molar-refractivity contribution < 1.29 is 14.3 Å². The summed E-state index contributed by atoms with van der Waals surface area (Å²) >= 11 is 0. The summed E-state index contributed by atoms with van der Waals surface area (Å²) in [6.07, 6.45) is 14.0. The van der Waals surface area contributed by atoms with Crippen molar-refractivity contribution in [3.8, 4) is 0 Å². The quantitative estimate of drug-likeness (QED) is 0.418. The fourth-order valence-corrected chi connectivity index (χ4v) is 11.3. The van der Waals surface area contributed by atoms with Gasteiger partial charge >= 0.3 is 0 Å². The fourth-order valence-electron chi connectivity index (χ4n) is 11.3. The molecular formula is C33H51N3O3. The van der Waals surface area contributed by atoms with E-state index in [1.165, 1.54) is 32.1 Å². The van der Waals surface area contributed by atoms with Gasteiger partial charge in [-0.2, -0.15) is 5.10 Å². The molecule has 0 bridgehead atoms. The molecule has 0 aromatic heterocycles. The molecule has 2 heterocycles. The van der Waals surface area contributed by atoms with Crippen LogP contribution < -0.4 is 0 Å². The second kappa shape index (κ2) is 9.70. The molecule has 216 valence electrons. The minimum absolute atomic E-state index is 0.0642. The molecule has 0 N–H and O–H groups in total. The molecule has 6 heteroatoms. The molecule has 2 unspecified atom stereocenters. The third kappa shape index (κ3) is 4.16. The van der Waals surface area contributed by atoms with Crippen LogP contribution >= 0.6 is 0 Å². The van der Waals surface area contributed by atoms with Gasteiger partial charge in [0.25, 0.3) is 0 Å². The SMILES string of the molecule is CC(=O)N1N=CC2C[C@@]3(C)C(=CC[C@H]4[C@@H]5CC[C@H]([C@H](C)CCC(=O)N6CCOCC6)[C@@]5(C)CC[C@@H]43)C(C)(C)C21. The number of carbonyl (C=O) groups is 2. The first-order valence-corrected chi connectivity index (χ1v) is 15.9. The number of amides is 2. The van der Waals surface area contributed by atoms with Gasteiger partial charge in [0, 0.05) is 44.0 Å². The number of carbonyl (C=O) groups excluding carboxylic acids is 2. The Kier molecular flexibility index (Phi) is 6.84. The number of morpholine rings is 1. The largest absolute Gasteiger partial charge is 0.378 e. The number of rotatable bonds is 4. The molecule has 0 aromatic rings. The van der Waals surface area contributed by atoms with Crippen LogP contribution in [0.25, 0.3) is 0 Å². The van der Waals surface area contributed by atoms with Gasteiger partial charge in [0.1, 0.15) is 0 Å². The molecule has 0 aromatic carbocycles. The van der Waals surface area contributed by atoms with Gasteiger partial charge in [-0.1, -0.05) is 46.3 Å².